The lowest BCUT2D eigenvalue weighted by molar-refractivity contribution is 0.630. The van der Waals surface area contributed by atoms with Crippen LogP contribution in [0.15, 0.2) is 48.5 Å². The quantitative estimate of drug-likeness (QED) is 0.705. The first-order valence-corrected chi connectivity index (χ1v) is 7.90. The van der Waals surface area contributed by atoms with Crippen LogP contribution < -0.4 is 5.73 Å². The van der Waals surface area contributed by atoms with Crippen molar-refractivity contribution in [1.29, 1.82) is 0 Å². The van der Waals surface area contributed by atoms with Gasteiger partial charge in [0.1, 0.15) is 5.82 Å². The fraction of sp³-hybridized carbons (Fsp3) is 0.222. The van der Waals surface area contributed by atoms with Gasteiger partial charge in [-0.2, -0.15) is 0 Å². The molecule has 1 unspecified atom stereocenters. The van der Waals surface area contributed by atoms with Gasteiger partial charge in [-0.25, -0.2) is 4.39 Å². The van der Waals surface area contributed by atoms with Crippen LogP contribution >= 0.6 is 11.3 Å². The first kappa shape index (κ1) is 14.2. The van der Waals surface area contributed by atoms with Crippen molar-refractivity contribution in [3.05, 3.63) is 70.4 Å². The van der Waals surface area contributed by atoms with E-state index in [-0.39, 0.29) is 11.9 Å². The van der Waals surface area contributed by atoms with Gasteiger partial charge < -0.3 is 5.73 Å². The predicted octanol–water partition coefficient (Wildman–Crippen LogP) is 5.21. The monoisotopic (exact) mass is 299 g/mol. The Morgan fingerprint density at radius 3 is 2.29 bits per heavy atom. The minimum atomic E-state index is -0.207. The van der Waals surface area contributed by atoms with Gasteiger partial charge in [-0.1, -0.05) is 38.1 Å². The first-order valence-electron chi connectivity index (χ1n) is 7.09. The van der Waals surface area contributed by atoms with Gasteiger partial charge in [-0.05, 0) is 46.7 Å². The Morgan fingerprint density at radius 2 is 1.62 bits per heavy atom. The maximum absolute atomic E-state index is 13.3. The van der Waals surface area contributed by atoms with Crippen molar-refractivity contribution in [3.63, 3.8) is 0 Å². The lowest BCUT2D eigenvalue weighted by atomic mass is 9.99. The number of fused-ring (bicyclic) bond motifs is 1. The lowest BCUT2D eigenvalue weighted by Crippen LogP contribution is -2.10. The zero-order chi connectivity index (χ0) is 15.0. The summed E-state index contributed by atoms with van der Waals surface area (Å²) < 4.78 is 14.3. The number of thiophene rings is 1. The Hall–Kier alpha value is -1.71. The summed E-state index contributed by atoms with van der Waals surface area (Å²) in [7, 11) is 0. The van der Waals surface area contributed by atoms with E-state index < -0.39 is 0 Å². The highest BCUT2D eigenvalue weighted by molar-refractivity contribution is 7.19. The van der Waals surface area contributed by atoms with Crippen LogP contribution in [-0.4, -0.2) is 0 Å². The van der Waals surface area contributed by atoms with Crippen LogP contribution in [0.1, 0.15) is 41.8 Å². The molecule has 21 heavy (non-hydrogen) atoms. The molecule has 0 saturated carbocycles. The average molecular weight is 299 g/mol. The van der Waals surface area contributed by atoms with E-state index in [1.165, 1.54) is 11.6 Å². The van der Waals surface area contributed by atoms with Crippen LogP contribution in [0, 0.1) is 5.82 Å². The standard InChI is InChI=1S/C18H18FNS/c1-11(2)12-3-5-13(6-4-12)18(20)17-10-14-9-15(19)7-8-16(14)21-17/h3-11,18H,20H2,1-2H3. The second-order valence-corrected chi connectivity index (χ2v) is 6.75. The maximum atomic E-state index is 13.3. The van der Waals surface area contributed by atoms with Gasteiger partial charge in [-0.3, -0.25) is 0 Å². The fourth-order valence-electron chi connectivity index (χ4n) is 2.44. The number of halogens is 1. The highest BCUT2D eigenvalue weighted by Gasteiger charge is 2.13. The molecule has 0 bridgehead atoms. The van der Waals surface area contributed by atoms with E-state index in [9.17, 15) is 4.39 Å². The number of rotatable bonds is 3. The van der Waals surface area contributed by atoms with E-state index in [1.54, 1.807) is 17.4 Å². The van der Waals surface area contributed by atoms with Gasteiger partial charge in [0.15, 0.2) is 0 Å². The molecular weight excluding hydrogens is 281 g/mol. The minimum Gasteiger partial charge on any atom is -0.320 e. The molecule has 0 radical (unpaired) electrons. The molecule has 0 aliphatic rings. The molecule has 2 N–H and O–H groups in total. The van der Waals surface area contributed by atoms with Gasteiger partial charge in [0.2, 0.25) is 0 Å². The van der Waals surface area contributed by atoms with Gasteiger partial charge >= 0.3 is 0 Å². The highest BCUT2D eigenvalue weighted by Crippen LogP contribution is 2.32. The molecule has 0 spiro atoms. The van der Waals surface area contributed by atoms with Crippen LogP contribution in [0.3, 0.4) is 0 Å². The summed E-state index contributed by atoms with van der Waals surface area (Å²) in [4.78, 5) is 1.06. The van der Waals surface area contributed by atoms with Gasteiger partial charge in [0, 0.05) is 9.58 Å². The van der Waals surface area contributed by atoms with E-state index in [4.69, 9.17) is 5.73 Å². The summed E-state index contributed by atoms with van der Waals surface area (Å²) in [6, 6.07) is 15.1. The van der Waals surface area contributed by atoms with Gasteiger partial charge in [-0.15, -0.1) is 11.3 Å². The molecule has 3 heteroatoms. The van der Waals surface area contributed by atoms with Crippen molar-refractivity contribution in [3.8, 4) is 0 Å². The smallest absolute Gasteiger partial charge is 0.123 e. The van der Waals surface area contributed by atoms with Crippen LogP contribution in [-0.2, 0) is 0 Å². The van der Waals surface area contributed by atoms with Crippen molar-refractivity contribution >= 4 is 21.4 Å². The predicted molar refractivity (Wildman–Crippen MR) is 88.3 cm³/mol. The number of hydrogen-bond donors (Lipinski definition) is 1. The first-order chi connectivity index (χ1) is 10.0. The number of hydrogen-bond acceptors (Lipinski definition) is 2. The molecular formula is C18H18FNS. The molecule has 2 aromatic carbocycles. The topological polar surface area (TPSA) is 26.0 Å². The fourth-order valence-corrected chi connectivity index (χ4v) is 3.52. The van der Waals surface area contributed by atoms with Crippen molar-refractivity contribution in [2.24, 2.45) is 5.73 Å². The Labute approximate surface area is 128 Å². The summed E-state index contributed by atoms with van der Waals surface area (Å²) in [5.41, 5.74) is 8.76. The van der Waals surface area contributed by atoms with E-state index in [0.717, 1.165) is 20.5 Å². The second kappa shape index (κ2) is 5.58. The van der Waals surface area contributed by atoms with Crippen LogP contribution in [0.25, 0.3) is 10.1 Å². The van der Waals surface area contributed by atoms with Crippen LogP contribution in [0.2, 0.25) is 0 Å². The summed E-state index contributed by atoms with van der Waals surface area (Å²) in [6.45, 7) is 4.35. The molecule has 0 saturated heterocycles. The van der Waals surface area contributed by atoms with E-state index in [1.807, 2.05) is 12.1 Å². The van der Waals surface area contributed by atoms with Crippen LogP contribution in [0.5, 0.6) is 0 Å². The summed E-state index contributed by atoms with van der Waals surface area (Å²) in [6.07, 6.45) is 0. The molecule has 0 amide bonds. The molecule has 0 fully saturated rings. The molecule has 1 nitrogen and oxygen atoms in total. The van der Waals surface area contributed by atoms with Gasteiger partial charge in [0.05, 0.1) is 6.04 Å². The highest BCUT2D eigenvalue weighted by atomic mass is 32.1. The van der Waals surface area contributed by atoms with E-state index in [0.29, 0.717) is 5.92 Å². The number of nitrogens with two attached hydrogens (primary N) is 1. The molecule has 3 rings (SSSR count). The Bertz CT molecular complexity index is 758. The van der Waals surface area contributed by atoms with E-state index in [2.05, 4.69) is 38.1 Å². The third-order valence-electron chi connectivity index (χ3n) is 3.77. The Morgan fingerprint density at radius 1 is 0.952 bits per heavy atom. The summed E-state index contributed by atoms with van der Waals surface area (Å²) >= 11 is 1.63. The minimum absolute atomic E-state index is 0.160. The molecule has 0 aliphatic carbocycles. The third-order valence-corrected chi connectivity index (χ3v) is 4.97. The zero-order valence-electron chi connectivity index (χ0n) is 12.1. The molecule has 1 heterocycles. The van der Waals surface area contributed by atoms with Crippen LogP contribution in [0.4, 0.5) is 4.39 Å². The summed E-state index contributed by atoms with van der Waals surface area (Å²) in [5.74, 6) is 0.310. The normalized spacial score (nSPS) is 13.0. The molecule has 1 aromatic heterocycles. The SMILES string of the molecule is CC(C)c1ccc(C(N)c2cc3cc(F)ccc3s2)cc1. The third kappa shape index (κ3) is 2.85. The number of benzene rings is 2. The average Bonchev–Trinajstić information content (AvgIpc) is 2.89. The summed E-state index contributed by atoms with van der Waals surface area (Å²) in [5, 5.41) is 0.921. The molecule has 0 aliphatic heterocycles. The van der Waals surface area contributed by atoms with Crippen molar-refractivity contribution < 1.29 is 4.39 Å². The van der Waals surface area contributed by atoms with E-state index >= 15 is 0 Å². The van der Waals surface area contributed by atoms with Crippen molar-refractivity contribution in [2.75, 3.05) is 0 Å². The molecule has 1 atom stereocenters. The molecule has 108 valence electrons. The van der Waals surface area contributed by atoms with Crippen molar-refractivity contribution in [1.82, 2.24) is 0 Å². The molecule has 3 aromatic rings. The zero-order valence-corrected chi connectivity index (χ0v) is 13.0. The Kier molecular flexibility index (Phi) is 3.79. The Balaban J connectivity index is 1.93. The van der Waals surface area contributed by atoms with Gasteiger partial charge in [0.25, 0.3) is 0 Å². The largest absolute Gasteiger partial charge is 0.320 e. The van der Waals surface area contributed by atoms with Crippen molar-refractivity contribution in [2.45, 2.75) is 25.8 Å². The second-order valence-electron chi connectivity index (χ2n) is 5.63. The lowest BCUT2D eigenvalue weighted by Gasteiger charge is -2.12. The maximum Gasteiger partial charge on any atom is 0.123 e.